The van der Waals surface area contributed by atoms with Crippen LogP contribution in [0.25, 0.3) is 10.8 Å². The number of amides is 2. The maximum absolute atomic E-state index is 13.0. The lowest BCUT2D eigenvalue weighted by Crippen LogP contribution is -2.34. The summed E-state index contributed by atoms with van der Waals surface area (Å²) < 4.78 is 29.2. The molecule has 0 heterocycles. The van der Waals surface area contributed by atoms with Gasteiger partial charge in [0.25, 0.3) is 11.8 Å². The minimum Gasteiger partial charge on any atom is -0.493 e. The van der Waals surface area contributed by atoms with Gasteiger partial charge in [-0.25, -0.2) is 14.6 Å². The van der Waals surface area contributed by atoms with E-state index in [1.807, 2.05) is 24.3 Å². The van der Waals surface area contributed by atoms with Crippen molar-refractivity contribution in [2.75, 3.05) is 20.8 Å². The molecule has 0 spiro atoms. The molecule has 10 heteroatoms. The van der Waals surface area contributed by atoms with Crippen LogP contribution in [0.2, 0.25) is 0 Å². The van der Waals surface area contributed by atoms with Gasteiger partial charge in [-0.05, 0) is 59.3 Å². The van der Waals surface area contributed by atoms with Crippen molar-refractivity contribution in [2.45, 2.75) is 0 Å². The summed E-state index contributed by atoms with van der Waals surface area (Å²) in [5.74, 6) is -1.16. The number of nitrogens with one attached hydrogen (secondary N) is 2. The van der Waals surface area contributed by atoms with Crippen LogP contribution in [0.15, 0.2) is 84.0 Å². The van der Waals surface area contributed by atoms with Gasteiger partial charge in [0.15, 0.2) is 11.5 Å². The topological polar surface area (TPSA) is 115 Å². The number of hydrazone groups is 1. The molecule has 0 saturated carbocycles. The van der Waals surface area contributed by atoms with Crippen LogP contribution in [0.1, 0.15) is 26.3 Å². The molecule has 2 amide bonds. The fourth-order valence-electron chi connectivity index (χ4n) is 3.69. The van der Waals surface area contributed by atoms with Gasteiger partial charge in [-0.2, -0.15) is 5.10 Å². The molecule has 198 valence electrons. The third-order valence-electron chi connectivity index (χ3n) is 5.65. The first kappa shape index (κ1) is 26.8. The zero-order valence-electron chi connectivity index (χ0n) is 21.1. The second-order valence-electron chi connectivity index (χ2n) is 8.14. The van der Waals surface area contributed by atoms with Gasteiger partial charge in [0.05, 0.1) is 32.5 Å². The number of esters is 1. The Bertz CT molecular complexity index is 1550. The fourth-order valence-corrected chi connectivity index (χ4v) is 3.69. The predicted octanol–water partition coefficient (Wildman–Crippen LogP) is 4.10. The van der Waals surface area contributed by atoms with Crippen LogP contribution >= 0.6 is 0 Å². The molecular weight excluding hydrogens is 505 g/mol. The molecule has 39 heavy (non-hydrogen) atoms. The molecule has 0 unspecified atom stereocenters. The van der Waals surface area contributed by atoms with E-state index in [9.17, 15) is 18.8 Å². The van der Waals surface area contributed by atoms with E-state index in [0.29, 0.717) is 17.1 Å². The van der Waals surface area contributed by atoms with E-state index < -0.39 is 23.6 Å². The van der Waals surface area contributed by atoms with E-state index in [1.165, 1.54) is 38.6 Å². The van der Waals surface area contributed by atoms with Gasteiger partial charge in [-0.15, -0.1) is 0 Å². The van der Waals surface area contributed by atoms with Crippen LogP contribution < -0.4 is 25.0 Å². The molecule has 0 radical (unpaired) electrons. The number of hydrogen-bond donors (Lipinski definition) is 2. The Morgan fingerprint density at radius 2 is 1.54 bits per heavy atom. The van der Waals surface area contributed by atoms with Crippen molar-refractivity contribution < 1.29 is 33.0 Å². The number of halogens is 1. The average Bonchev–Trinajstić information content (AvgIpc) is 2.96. The van der Waals surface area contributed by atoms with Crippen LogP contribution in [0, 0.1) is 5.82 Å². The molecule has 0 fully saturated rings. The quantitative estimate of drug-likeness (QED) is 0.146. The van der Waals surface area contributed by atoms with E-state index in [4.69, 9.17) is 14.2 Å². The minimum absolute atomic E-state index is 0.212. The molecule has 0 aromatic heterocycles. The first-order valence-corrected chi connectivity index (χ1v) is 11.7. The van der Waals surface area contributed by atoms with Gasteiger partial charge in [0, 0.05) is 11.1 Å². The van der Waals surface area contributed by atoms with Crippen molar-refractivity contribution in [3.63, 3.8) is 0 Å². The molecule has 0 aliphatic rings. The number of hydrogen-bond acceptors (Lipinski definition) is 7. The Labute approximate surface area is 223 Å². The highest BCUT2D eigenvalue weighted by Crippen LogP contribution is 2.30. The molecule has 0 saturated heterocycles. The Balaban J connectivity index is 1.49. The van der Waals surface area contributed by atoms with E-state index in [-0.39, 0.29) is 23.4 Å². The Kier molecular flexibility index (Phi) is 8.47. The number of carbonyl (C=O) groups excluding carboxylic acids is 3. The summed E-state index contributed by atoms with van der Waals surface area (Å²) in [6, 6.07) is 20.4. The van der Waals surface area contributed by atoms with Crippen molar-refractivity contribution in [3.8, 4) is 17.2 Å². The molecule has 4 aromatic carbocycles. The lowest BCUT2D eigenvalue weighted by Gasteiger charge is -2.12. The maximum Gasteiger partial charge on any atom is 0.343 e. The number of rotatable bonds is 9. The van der Waals surface area contributed by atoms with E-state index in [2.05, 4.69) is 15.8 Å². The molecule has 9 nitrogen and oxygen atoms in total. The van der Waals surface area contributed by atoms with Crippen LogP contribution in [0.3, 0.4) is 0 Å². The van der Waals surface area contributed by atoms with Gasteiger partial charge < -0.3 is 19.5 Å². The fraction of sp³-hybridized carbons (Fsp3) is 0.103. The van der Waals surface area contributed by atoms with Gasteiger partial charge in [-0.3, -0.25) is 9.59 Å². The van der Waals surface area contributed by atoms with E-state index in [0.717, 1.165) is 22.9 Å². The normalized spacial score (nSPS) is 10.7. The second-order valence-corrected chi connectivity index (χ2v) is 8.14. The van der Waals surface area contributed by atoms with E-state index >= 15 is 0 Å². The number of carbonyl (C=O) groups is 3. The first-order chi connectivity index (χ1) is 18.9. The van der Waals surface area contributed by atoms with Crippen molar-refractivity contribution >= 4 is 34.8 Å². The highest BCUT2D eigenvalue weighted by molar-refractivity contribution is 6.04. The highest BCUT2D eigenvalue weighted by Gasteiger charge is 2.16. The Morgan fingerprint density at radius 1 is 0.846 bits per heavy atom. The molecular formula is C29H24FN3O6. The molecule has 0 aliphatic heterocycles. The number of ether oxygens (including phenoxy) is 3. The van der Waals surface area contributed by atoms with Gasteiger partial charge in [-0.1, -0.05) is 30.3 Å². The summed E-state index contributed by atoms with van der Waals surface area (Å²) in [5.41, 5.74) is 3.25. The number of methoxy groups -OCH3 is 2. The standard InChI is InChI=1S/C29H24FN3O6/c1-37-25-14-10-20(15-26(25)38-2)29(36)39-24-13-9-18-5-3-4-6-22(18)23(24)16-32-33-27(34)17-31-28(35)19-7-11-21(30)12-8-19/h3-16H,17H2,1-2H3,(H,31,35)(H,33,34). The molecule has 2 N–H and O–H groups in total. The molecule has 4 aromatic rings. The zero-order chi connectivity index (χ0) is 27.8. The molecule has 0 atom stereocenters. The third-order valence-corrected chi connectivity index (χ3v) is 5.65. The maximum atomic E-state index is 13.0. The van der Waals surface area contributed by atoms with Gasteiger partial charge in [0.1, 0.15) is 11.6 Å². The monoisotopic (exact) mass is 529 g/mol. The SMILES string of the molecule is COc1ccc(C(=O)Oc2ccc3ccccc3c2C=NNC(=O)CNC(=O)c2ccc(F)cc2)cc1OC. The Hall–Kier alpha value is -5.25. The smallest absolute Gasteiger partial charge is 0.343 e. The Morgan fingerprint density at radius 3 is 2.28 bits per heavy atom. The lowest BCUT2D eigenvalue weighted by molar-refractivity contribution is -0.120. The highest BCUT2D eigenvalue weighted by atomic mass is 19.1. The summed E-state index contributed by atoms with van der Waals surface area (Å²) in [6.07, 6.45) is 1.36. The summed E-state index contributed by atoms with van der Waals surface area (Å²) in [4.78, 5) is 37.3. The van der Waals surface area contributed by atoms with E-state index in [1.54, 1.807) is 24.3 Å². The largest absolute Gasteiger partial charge is 0.493 e. The molecule has 0 bridgehead atoms. The number of nitrogens with zero attached hydrogens (tertiary/aromatic N) is 1. The minimum atomic E-state index is -0.631. The van der Waals surface area contributed by atoms with Crippen molar-refractivity contribution in [1.82, 2.24) is 10.7 Å². The summed E-state index contributed by atoms with van der Waals surface area (Å²) >= 11 is 0. The molecule has 4 rings (SSSR count). The van der Waals surface area contributed by atoms with Crippen LogP contribution in [-0.4, -0.2) is 44.8 Å². The van der Waals surface area contributed by atoms with Crippen LogP contribution in [0.4, 0.5) is 4.39 Å². The average molecular weight is 530 g/mol. The third kappa shape index (κ3) is 6.55. The number of fused-ring (bicyclic) bond motifs is 1. The zero-order valence-corrected chi connectivity index (χ0v) is 21.1. The van der Waals surface area contributed by atoms with Crippen LogP contribution in [0.5, 0.6) is 17.2 Å². The summed E-state index contributed by atoms with van der Waals surface area (Å²) in [6.45, 7) is -0.357. The van der Waals surface area contributed by atoms with Crippen molar-refractivity contribution in [3.05, 3.63) is 101 Å². The predicted molar refractivity (Wildman–Crippen MR) is 143 cm³/mol. The second kappa shape index (κ2) is 12.3. The summed E-state index contributed by atoms with van der Waals surface area (Å²) in [7, 11) is 2.96. The lowest BCUT2D eigenvalue weighted by atomic mass is 10.0. The number of benzene rings is 4. The van der Waals surface area contributed by atoms with Crippen LogP contribution in [-0.2, 0) is 4.79 Å². The first-order valence-electron chi connectivity index (χ1n) is 11.7. The summed E-state index contributed by atoms with van der Waals surface area (Å²) in [5, 5.41) is 8.02. The van der Waals surface area contributed by atoms with Gasteiger partial charge >= 0.3 is 5.97 Å². The molecule has 0 aliphatic carbocycles. The van der Waals surface area contributed by atoms with Gasteiger partial charge in [0.2, 0.25) is 0 Å². The van der Waals surface area contributed by atoms with Crippen molar-refractivity contribution in [2.24, 2.45) is 5.10 Å². The van der Waals surface area contributed by atoms with Crippen molar-refractivity contribution in [1.29, 1.82) is 0 Å².